The Morgan fingerprint density at radius 3 is 2.77 bits per heavy atom. The van der Waals surface area contributed by atoms with Crippen LogP contribution in [-0.4, -0.2) is 42.7 Å². The molecule has 2 aromatic rings. The first-order valence-corrected chi connectivity index (χ1v) is 9.89. The van der Waals surface area contributed by atoms with Crippen LogP contribution in [0, 0.1) is 19.7 Å². The van der Waals surface area contributed by atoms with E-state index in [1.165, 1.54) is 25.3 Å². The summed E-state index contributed by atoms with van der Waals surface area (Å²) in [7, 11) is 1.38. The lowest BCUT2D eigenvalue weighted by Gasteiger charge is -2.14. The zero-order valence-corrected chi connectivity index (χ0v) is 17.4. The number of Topliss-reactive ketones (excluding diaryl/α,β-unsaturated/α-hetero) is 1. The van der Waals surface area contributed by atoms with E-state index in [-0.39, 0.29) is 24.2 Å². The van der Waals surface area contributed by atoms with Gasteiger partial charge in [0.15, 0.2) is 18.2 Å². The summed E-state index contributed by atoms with van der Waals surface area (Å²) in [5.74, 6) is -1.34. The van der Waals surface area contributed by atoms with E-state index in [0.717, 1.165) is 36.9 Å². The van der Waals surface area contributed by atoms with Gasteiger partial charge in [0.1, 0.15) is 0 Å². The summed E-state index contributed by atoms with van der Waals surface area (Å²) in [6, 6.07) is 6.14. The number of methoxy groups -OCH3 is 1. The third-order valence-electron chi connectivity index (χ3n) is 5.22. The number of ketones is 1. The Bertz CT molecular complexity index is 957. The number of ether oxygens (including phenoxy) is 3. The van der Waals surface area contributed by atoms with Crippen molar-refractivity contribution in [2.24, 2.45) is 0 Å². The molecular weight excluding hydrogens is 389 g/mol. The first kappa shape index (κ1) is 21.8. The van der Waals surface area contributed by atoms with Crippen LogP contribution in [0.15, 0.2) is 30.3 Å². The molecule has 2 heterocycles. The molecule has 0 bridgehead atoms. The predicted molar refractivity (Wildman–Crippen MR) is 110 cm³/mol. The first-order valence-electron chi connectivity index (χ1n) is 9.89. The van der Waals surface area contributed by atoms with E-state index >= 15 is 0 Å². The van der Waals surface area contributed by atoms with Gasteiger partial charge >= 0.3 is 5.97 Å². The Balaban J connectivity index is 1.57. The largest absolute Gasteiger partial charge is 0.494 e. The molecule has 1 saturated heterocycles. The molecule has 0 saturated carbocycles. The molecule has 30 heavy (non-hydrogen) atoms. The zero-order chi connectivity index (χ0) is 21.7. The third-order valence-corrected chi connectivity index (χ3v) is 5.22. The van der Waals surface area contributed by atoms with Crippen molar-refractivity contribution in [3.05, 3.63) is 58.7 Å². The van der Waals surface area contributed by atoms with Crippen LogP contribution in [0.25, 0.3) is 6.08 Å². The average molecular weight is 415 g/mol. The number of halogens is 1. The number of hydrogen-bond donors (Lipinski definition) is 0. The maximum absolute atomic E-state index is 13.7. The highest BCUT2D eigenvalue weighted by Gasteiger charge is 2.21. The number of rotatable bonds is 8. The van der Waals surface area contributed by atoms with E-state index < -0.39 is 11.8 Å². The second-order valence-electron chi connectivity index (χ2n) is 7.29. The molecular formula is C23H26FNO5. The van der Waals surface area contributed by atoms with Crippen molar-refractivity contribution >= 4 is 17.8 Å². The molecule has 160 valence electrons. The fraction of sp³-hybridized carbons (Fsp3) is 0.391. The lowest BCUT2D eigenvalue weighted by Crippen LogP contribution is -2.18. The number of esters is 1. The van der Waals surface area contributed by atoms with Crippen molar-refractivity contribution in [2.45, 2.75) is 39.3 Å². The molecule has 1 aromatic carbocycles. The summed E-state index contributed by atoms with van der Waals surface area (Å²) in [5.41, 5.74) is 2.83. The number of carbonyl (C=O) groups is 2. The molecule has 0 amide bonds. The van der Waals surface area contributed by atoms with Gasteiger partial charge in [-0.3, -0.25) is 4.79 Å². The van der Waals surface area contributed by atoms with E-state index in [9.17, 15) is 14.0 Å². The van der Waals surface area contributed by atoms with Crippen LogP contribution in [0.5, 0.6) is 5.75 Å². The second kappa shape index (κ2) is 9.71. The maximum Gasteiger partial charge on any atom is 0.331 e. The number of hydrogen-bond acceptors (Lipinski definition) is 5. The van der Waals surface area contributed by atoms with E-state index in [1.807, 2.05) is 19.9 Å². The summed E-state index contributed by atoms with van der Waals surface area (Å²) in [5, 5.41) is 0. The van der Waals surface area contributed by atoms with Crippen molar-refractivity contribution < 1.29 is 28.2 Å². The van der Waals surface area contributed by atoms with Gasteiger partial charge in [0, 0.05) is 36.2 Å². The van der Waals surface area contributed by atoms with Gasteiger partial charge in [-0.05, 0) is 56.5 Å². The van der Waals surface area contributed by atoms with Gasteiger partial charge in [-0.15, -0.1) is 0 Å². The van der Waals surface area contributed by atoms with Crippen LogP contribution < -0.4 is 4.74 Å². The van der Waals surface area contributed by atoms with Gasteiger partial charge in [-0.25, -0.2) is 9.18 Å². The van der Waals surface area contributed by atoms with Gasteiger partial charge in [0.2, 0.25) is 5.78 Å². The molecule has 1 aliphatic rings. The first-order chi connectivity index (χ1) is 14.4. The highest BCUT2D eigenvalue weighted by molar-refractivity contribution is 6.00. The van der Waals surface area contributed by atoms with Crippen LogP contribution >= 0.6 is 0 Å². The monoisotopic (exact) mass is 415 g/mol. The van der Waals surface area contributed by atoms with Gasteiger partial charge in [-0.1, -0.05) is 6.07 Å². The molecule has 6 nitrogen and oxygen atoms in total. The predicted octanol–water partition coefficient (Wildman–Crippen LogP) is 3.87. The Kier molecular flexibility index (Phi) is 7.05. The number of benzene rings is 1. The maximum atomic E-state index is 13.7. The van der Waals surface area contributed by atoms with Gasteiger partial charge in [-0.2, -0.15) is 0 Å². The molecule has 1 atom stereocenters. The molecule has 1 aromatic heterocycles. The summed E-state index contributed by atoms with van der Waals surface area (Å²) in [6.07, 6.45) is 4.83. The third kappa shape index (κ3) is 5.16. The van der Waals surface area contributed by atoms with Gasteiger partial charge in [0.05, 0.1) is 13.2 Å². The average Bonchev–Trinajstić information content (AvgIpc) is 3.34. The van der Waals surface area contributed by atoms with Crippen molar-refractivity contribution in [3.8, 4) is 5.75 Å². The number of nitrogens with zero attached hydrogens (tertiary/aromatic N) is 1. The highest BCUT2D eigenvalue weighted by Crippen LogP contribution is 2.21. The minimum atomic E-state index is -0.673. The summed E-state index contributed by atoms with van der Waals surface area (Å²) >= 11 is 0. The number of aromatic nitrogens is 1. The van der Waals surface area contributed by atoms with E-state index in [0.29, 0.717) is 17.7 Å². The fourth-order valence-corrected chi connectivity index (χ4v) is 3.57. The van der Waals surface area contributed by atoms with Crippen molar-refractivity contribution in [2.75, 3.05) is 20.3 Å². The Morgan fingerprint density at radius 1 is 1.30 bits per heavy atom. The Hall–Kier alpha value is -2.93. The van der Waals surface area contributed by atoms with Crippen molar-refractivity contribution in [3.63, 3.8) is 0 Å². The molecule has 1 aliphatic heterocycles. The molecule has 0 spiro atoms. The lowest BCUT2D eigenvalue weighted by molar-refractivity contribution is -0.136. The van der Waals surface area contributed by atoms with Crippen LogP contribution in [-0.2, 0) is 20.8 Å². The standard InChI is InChI=1S/C23H26FNO5/c1-15-11-19(16(2)25(15)13-18-5-4-10-29-18)21(26)14-30-23(27)9-7-17-6-8-22(28-3)20(24)12-17/h6-9,11-12,18H,4-5,10,13-14H2,1-3H3/b9-7+/t18-/m0/s1. The minimum absolute atomic E-state index is 0.123. The molecule has 0 unspecified atom stereocenters. The topological polar surface area (TPSA) is 66.8 Å². The van der Waals surface area contributed by atoms with Crippen molar-refractivity contribution in [1.29, 1.82) is 0 Å². The summed E-state index contributed by atoms with van der Waals surface area (Å²) < 4.78 is 31.4. The summed E-state index contributed by atoms with van der Waals surface area (Å²) in [4.78, 5) is 24.5. The molecule has 3 rings (SSSR count). The minimum Gasteiger partial charge on any atom is -0.494 e. The normalized spacial score (nSPS) is 16.2. The van der Waals surface area contributed by atoms with E-state index in [4.69, 9.17) is 14.2 Å². The van der Waals surface area contributed by atoms with Gasteiger partial charge in [0.25, 0.3) is 0 Å². The number of aryl methyl sites for hydroxylation is 1. The second-order valence-corrected chi connectivity index (χ2v) is 7.29. The molecule has 1 fully saturated rings. The molecule has 7 heteroatoms. The molecule has 0 N–H and O–H groups in total. The van der Waals surface area contributed by atoms with E-state index in [2.05, 4.69) is 4.57 Å². The van der Waals surface area contributed by atoms with Crippen molar-refractivity contribution in [1.82, 2.24) is 4.57 Å². The SMILES string of the molecule is COc1ccc(/C=C/C(=O)OCC(=O)c2cc(C)n(C[C@@H]3CCCO3)c2C)cc1F. The number of carbonyl (C=O) groups excluding carboxylic acids is 2. The fourth-order valence-electron chi connectivity index (χ4n) is 3.57. The van der Waals surface area contributed by atoms with Crippen LogP contribution in [0.4, 0.5) is 4.39 Å². The van der Waals surface area contributed by atoms with Gasteiger partial charge < -0.3 is 18.8 Å². The summed E-state index contributed by atoms with van der Waals surface area (Å²) in [6.45, 7) is 4.97. The van der Waals surface area contributed by atoms with Crippen LogP contribution in [0.2, 0.25) is 0 Å². The van der Waals surface area contributed by atoms with Crippen LogP contribution in [0.3, 0.4) is 0 Å². The van der Waals surface area contributed by atoms with E-state index in [1.54, 1.807) is 6.07 Å². The highest BCUT2D eigenvalue weighted by atomic mass is 19.1. The lowest BCUT2D eigenvalue weighted by atomic mass is 10.1. The molecule has 0 aliphatic carbocycles. The Labute approximate surface area is 175 Å². The Morgan fingerprint density at radius 2 is 2.10 bits per heavy atom. The molecule has 0 radical (unpaired) electrons. The quantitative estimate of drug-likeness (QED) is 0.372. The smallest absolute Gasteiger partial charge is 0.331 e. The van der Waals surface area contributed by atoms with Crippen LogP contribution in [0.1, 0.15) is 40.2 Å². The zero-order valence-electron chi connectivity index (χ0n) is 17.4.